The molecule has 0 saturated heterocycles. The summed E-state index contributed by atoms with van der Waals surface area (Å²) in [6, 6.07) is 17.5. The van der Waals surface area contributed by atoms with Crippen molar-refractivity contribution in [3.63, 3.8) is 0 Å². The van der Waals surface area contributed by atoms with E-state index in [1.165, 1.54) is 12.2 Å². The van der Waals surface area contributed by atoms with Gasteiger partial charge in [0.2, 0.25) is 5.78 Å². The maximum Gasteiger partial charge on any atom is 0.238 e. The zero-order valence-corrected chi connectivity index (χ0v) is 13.5. The number of carbonyl (C=O) groups excluding carboxylic acids is 1. The summed E-state index contributed by atoms with van der Waals surface area (Å²) in [4.78, 5) is 12.2. The number of aliphatic hydroxyl groups is 1. The average Bonchev–Trinajstić information content (AvgIpc) is 2.60. The quantitative estimate of drug-likeness (QED) is 0.349. The second-order valence-electron chi connectivity index (χ2n) is 4.69. The van der Waals surface area contributed by atoms with Crippen molar-refractivity contribution in [3.8, 4) is 0 Å². The van der Waals surface area contributed by atoms with Gasteiger partial charge in [0.1, 0.15) is 4.91 Å². The molecule has 2 rings (SSSR count). The van der Waals surface area contributed by atoms with E-state index in [2.05, 4.69) is 0 Å². The fraction of sp³-hybridized carbons (Fsp3) is 0.0556. The second-order valence-corrected chi connectivity index (χ2v) is 5.63. The molecule has 5 nitrogen and oxygen atoms in total. The Hall–Kier alpha value is -2.54. The fourth-order valence-electron chi connectivity index (χ4n) is 1.96. The second kappa shape index (κ2) is 8.93. The molecule has 0 amide bonds. The molecule has 2 aromatic carbocycles. The zero-order valence-electron chi connectivity index (χ0n) is 12.7. The number of ketones is 1. The van der Waals surface area contributed by atoms with E-state index in [0.717, 1.165) is 0 Å². The van der Waals surface area contributed by atoms with E-state index in [0.29, 0.717) is 11.1 Å². The Morgan fingerprint density at radius 3 is 1.92 bits per heavy atom. The van der Waals surface area contributed by atoms with Gasteiger partial charge in [0.25, 0.3) is 0 Å². The number of hydrogen-bond donors (Lipinski definition) is 2. The van der Waals surface area contributed by atoms with Crippen molar-refractivity contribution in [2.45, 2.75) is 0 Å². The molecule has 0 aliphatic carbocycles. The third-order valence-corrected chi connectivity index (χ3v) is 3.73. The lowest BCUT2D eigenvalue weighted by atomic mass is 10.1. The van der Waals surface area contributed by atoms with E-state index in [1.54, 1.807) is 54.6 Å². The number of allylic oxidation sites excluding steroid dienone is 1. The summed E-state index contributed by atoms with van der Waals surface area (Å²) in [6.07, 6.45) is 2.72. The van der Waals surface area contributed by atoms with E-state index in [1.807, 2.05) is 6.07 Å². The molecule has 0 fully saturated rings. The number of rotatable bonds is 7. The number of ether oxygens (including phenoxy) is 1. The molecule has 24 heavy (non-hydrogen) atoms. The predicted octanol–water partition coefficient (Wildman–Crippen LogP) is 2.83. The first-order chi connectivity index (χ1) is 11.6. The lowest BCUT2D eigenvalue weighted by molar-refractivity contribution is -0.116. The maximum absolute atomic E-state index is 12.6. The van der Waals surface area contributed by atoms with Crippen molar-refractivity contribution in [2.75, 3.05) is 6.79 Å². The Balaban J connectivity index is 2.41. The van der Waals surface area contributed by atoms with Crippen molar-refractivity contribution in [3.05, 3.63) is 82.5 Å². The van der Waals surface area contributed by atoms with E-state index >= 15 is 0 Å². The smallest absolute Gasteiger partial charge is 0.238 e. The third kappa shape index (κ3) is 4.99. The Bertz CT molecular complexity index is 767. The number of carbonyl (C=O) groups is 1. The molecule has 0 aromatic heterocycles. The molecule has 0 radical (unpaired) electrons. The van der Waals surface area contributed by atoms with Crippen LogP contribution in [0.25, 0.3) is 12.2 Å². The van der Waals surface area contributed by atoms with Gasteiger partial charge in [-0.15, -0.1) is 0 Å². The molecule has 0 spiro atoms. The van der Waals surface area contributed by atoms with Crippen LogP contribution < -0.4 is 0 Å². The topological polar surface area (TPSA) is 83.8 Å². The summed E-state index contributed by atoms with van der Waals surface area (Å²) in [7, 11) is 0. The van der Waals surface area contributed by atoms with Gasteiger partial charge in [-0.25, -0.2) is 4.21 Å². The summed E-state index contributed by atoms with van der Waals surface area (Å²) < 4.78 is 26.0. The molecule has 0 saturated carbocycles. The highest BCUT2D eigenvalue weighted by Crippen LogP contribution is 2.17. The van der Waals surface area contributed by atoms with Crippen molar-refractivity contribution in [2.24, 2.45) is 0 Å². The number of aliphatic hydroxyl groups excluding tert-OH is 1. The Labute approximate surface area is 142 Å². The highest BCUT2D eigenvalue weighted by atomic mass is 32.2. The fourth-order valence-corrected chi connectivity index (χ4v) is 2.46. The van der Waals surface area contributed by atoms with Gasteiger partial charge in [-0.1, -0.05) is 60.7 Å². The van der Waals surface area contributed by atoms with Crippen LogP contribution in [0.1, 0.15) is 11.1 Å². The Kier molecular flexibility index (Phi) is 6.62. The van der Waals surface area contributed by atoms with Gasteiger partial charge in [-0.05, 0) is 23.3 Å². The van der Waals surface area contributed by atoms with Crippen molar-refractivity contribution >= 4 is 29.0 Å². The zero-order chi connectivity index (χ0) is 17.4. The maximum atomic E-state index is 12.6. The Morgan fingerprint density at radius 2 is 1.46 bits per heavy atom. The molecule has 2 aromatic rings. The number of hydrogen-bond acceptors (Lipinski definition) is 4. The minimum absolute atomic E-state index is 0.215. The lowest BCUT2D eigenvalue weighted by Gasteiger charge is -2.08. The van der Waals surface area contributed by atoms with Crippen LogP contribution in [0, 0.1) is 0 Å². The van der Waals surface area contributed by atoms with Crippen LogP contribution in [-0.2, 0) is 20.6 Å². The number of benzene rings is 2. The van der Waals surface area contributed by atoms with E-state index < -0.39 is 23.7 Å². The highest BCUT2D eigenvalue weighted by Gasteiger charge is 2.21. The molecule has 6 heteroatoms. The van der Waals surface area contributed by atoms with Crippen LogP contribution in [-0.4, -0.2) is 26.4 Å². The number of Topliss-reactive ketones (excluding diaryl/α,β-unsaturated/α-hetero) is 1. The Morgan fingerprint density at radius 1 is 0.958 bits per heavy atom. The largest absolute Gasteiger partial charge is 0.464 e. The van der Waals surface area contributed by atoms with Gasteiger partial charge < -0.3 is 14.4 Å². The van der Waals surface area contributed by atoms with Gasteiger partial charge in [0.15, 0.2) is 23.6 Å². The van der Waals surface area contributed by atoms with Gasteiger partial charge in [0.05, 0.1) is 0 Å². The van der Waals surface area contributed by atoms with Crippen LogP contribution >= 0.6 is 0 Å². The van der Waals surface area contributed by atoms with E-state index in [4.69, 9.17) is 9.84 Å². The average molecular weight is 344 g/mol. The summed E-state index contributed by atoms with van der Waals surface area (Å²) in [5.41, 5.74) is 1.27. The van der Waals surface area contributed by atoms with Crippen molar-refractivity contribution in [1.82, 2.24) is 0 Å². The SMILES string of the molecule is O=C(C(=Cc1ccccc1)OCO)C(=Cc1ccccc1)S(=O)O. The summed E-state index contributed by atoms with van der Waals surface area (Å²) in [5, 5.41) is 9.00. The molecule has 0 heterocycles. The van der Waals surface area contributed by atoms with Crippen LogP contribution in [0.3, 0.4) is 0 Å². The predicted molar refractivity (Wildman–Crippen MR) is 92.8 cm³/mol. The third-order valence-electron chi connectivity index (χ3n) is 3.05. The van der Waals surface area contributed by atoms with Gasteiger partial charge in [0, 0.05) is 0 Å². The van der Waals surface area contributed by atoms with Crippen LogP contribution in [0.4, 0.5) is 0 Å². The summed E-state index contributed by atoms with van der Waals surface area (Å²) in [5.74, 6) is -0.981. The molecular formula is C18H16O5S. The normalized spacial score (nSPS) is 13.4. The first kappa shape index (κ1) is 17.8. The molecule has 1 atom stereocenters. The molecule has 0 aliphatic heterocycles. The minimum Gasteiger partial charge on any atom is -0.464 e. The summed E-state index contributed by atoms with van der Waals surface area (Å²) >= 11 is -2.51. The van der Waals surface area contributed by atoms with Gasteiger partial charge >= 0.3 is 0 Å². The lowest BCUT2D eigenvalue weighted by Crippen LogP contribution is -2.13. The monoisotopic (exact) mass is 344 g/mol. The molecule has 1 unspecified atom stereocenters. The van der Waals surface area contributed by atoms with Crippen LogP contribution in [0.15, 0.2) is 71.3 Å². The summed E-state index contributed by atoms with van der Waals surface area (Å²) in [6.45, 7) is -0.721. The molecule has 0 bridgehead atoms. The first-order valence-electron chi connectivity index (χ1n) is 7.04. The standard InChI is InChI=1S/C18H16O5S/c19-13-23-16(11-14-7-3-1-4-8-14)18(20)17(24(21)22)12-15-9-5-2-6-10-15/h1-12,19H,13H2,(H,21,22). The minimum atomic E-state index is -2.51. The molecule has 2 N–H and O–H groups in total. The van der Waals surface area contributed by atoms with Gasteiger partial charge in [-0.2, -0.15) is 0 Å². The van der Waals surface area contributed by atoms with Crippen LogP contribution in [0.2, 0.25) is 0 Å². The van der Waals surface area contributed by atoms with Crippen LogP contribution in [0.5, 0.6) is 0 Å². The molecular weight excluding hydrogens is 328 g/mol. The first-order valence-corrected chi connectivity index (χ1v) is 8.15. The van der Waals surface area contributed by atoms with E-state index in [9.17, 15) is 13.6 Å². The highest BCUT2D eigenvalue weighted by molar-refractivity contribution is 7.84. The van der Waals surface area contributed by atoms with Crippen molar-refractivity contribution < 1.29 is 23.4 Å². The molecule has 0 aliphatic rings. The van der Waals surface area contributed by atoms with Gasteiger partial charge in [-0.3, -0.25) is 4.79 Å². The van der Waals surface area contributed by atoms with E-state index in [-0.39, 0.29) is 10.7 Å². The van der Waals surface area contributed by atoms with Crippen molar-refractivity contribution in [1.29, 1.82) is 0 Å². The molecule has 124 valence electrons.